The smallest absolute Gasteiger partial charge is 0.266 e. The number of nitrogens with zero attached hydrogens (tertiary/aromatic N) is 1. The van der Waals surface area contributed by atoms with Crippen LogP contribution in [0, 0.1) is 0 Å². The van der Waals surface area contributed by atoms with Crippen LogP contribution in [0.5, 0.6) is 0 Å². The fourth-order valence-corrected chi connectivity index (χ4v) is 2.77. The van der Waals surface area contributed by atoms with Gasteiger partial charge in [-0.1, -0.05) is 19.1 Å². The van der Waals surface area contributed by atoms with Crippen molar-refractivity contribution in [2.24, 2.45) is 0 Å². The predicted molar refractivity (Wildman–Crippen MR) is 74.6 cm³/mol. The summed E-state index contributed by atoms with van der Waals surface area (Å²) in [4.78, 5) is 6.76. The topological polar surface area (TPSA) is 86.9 Å². The molecular formula is C12H16N4O2S. The van der Waals surface area contributed by atoms with Gasteiger partial charge in [0.25, 0.3) is 10.0 Å². The van der Waals surface area contributed by atoms with Gasteiger partial charge in [-0.2, -0.15) is 0 Å². The Morgan fingerprint density at radius 2 is 2.11 bits per heavy atom. The van der Waals surface area contributed by atoms with Gasteiger partial charge in [0.15, 0.2) is 0 Å². The van der Waals surface area contributed by atoms with Crippen LogP contribution in [0.2, 0.25) is 0 Å². The second kappa shape index (κ2) is 5.75. The average Bonchev–Trinajstić information content (AvgIpc) is 2.88. The highest BCUT2D eigenvalue weighted by Gasteiger charge is 2.18. The van der Waals surface area contributed by atoms with Crippen molar-refractivity contribution in [1.82, 2.24) is 9.97 Å². The summed E-state index contributed by atoms with van der Waals surface area (Å²) in [6, 6.07) is 6.79. The maximum absolute atomic E-state index is 12.3. The van der Waals surface area contributed by atoms with Crippen LogP contribution in [0.3, 0.4) is 0 Å². The van der Waals surface area contributed by atoms with E-state index in [1.165, 1.54) is 6.20 Å². The van der Waals surface area contributed by atoms with E-state index in [9.17, 15) is 8.42 Å². The Morgan fingerprint density at radius 3 is 2.79 bits per heavy atom. The molecule has 2 aromatic rings. The lowest BCUT2D eigenvalue weighted by Gasteiger charge is -2.12. The number of rotatable bonds is 6. The number of para-hydroxylation sites is 1. The second-order valence-corrected chi connectivity index (χ2v) is 5.62. The third-order valence-corrected chi connectivity index (χ3v) is 3.87. The van der Waals surface area contributed by atoms with Gasteiger partial charge in [-0.25, -0.2) is 18.1 Å². The lowest BCUT2D eigenvalue weighted by molar-refractivity contribution is 0.601. The van der Waals surface area contributed by atoms with Crippen LogP contribution in [-0.4, -0.2) is 24.9 Å². The van der Waals surface area contributed by atoms with Gasteiger partial charge >= 0.3 is 0 Å². The number of imidazole rings is 1. The van der Waals surface area contributed by atoms with Crippen LogP contribution in [0.15, 0.2) is 41.6 Å². The van der Waals surface area contributed by atoms with E-state index in [1.54, 1.807) is 30.5 Å². The molecule has 2 rings (SSSR count). The van der Waals surface area contributed by atoms with Gasteiger partial charge in [-0.3, -0.25) is 0 Å². The van der Waals surface area contributed by atoms with E-state index >= 15 is 0 Å². The highest BCUT2D eigenvalue weighted by molar-refractivity contribution is 7.92. The summed E-state index contributed by atoms with van der Waals surface area (Å²) < 4.78 is 26.9. The first kappa shape index (κ1) is 13.4. The Morgan fingerprint density at radius 1 is 1.32 bits per heavy atom. The molecule has 1 aromatic carbocycles. The zero-order valence-corrected chi connectivity index (χ0v) is 11.4. The van der Waals surface area contributed by atoms with Crippen molar-refractivity contribution in [3.05, 3.63) is 36.7 Å². The van der Waals surface area contributed by atoms with E-state index in [1.807, 2.05) is 6.92 Å². The molecule has 6 nitrogen and oxygen atoms in total. The molecule has 0 unspecified atom stereocenters. The highest BCUT2D eigenvalue weighted by atomic mass is 32.2. The molecule has 0 aliphatic rings. The summed E-state index contributed by atoms with van der Waals surface area (Å²) >= 11 is 0. The molecule has 0 fully saturated rings. The SMILES string of the molecule is CCCNc1ccccc1S(=O)(=O)Nc1ncc[nH]1. The van der Waals surface area contributed by atoms with Crippen molar-refractivity contribution in [3.8, 4) is 0 Å². The maximum Gasteiger partial charge on any atom is 0.266 e. The Hall–Kier alpha value is -2.02. The number of hydrogen-bond donors (Lipinski definition) is 3. The van der Waals surface area contributed by atoms with Gasteiger partial charge in [0.1, 0.15) is 4.90 Å². The Labute approximate surface area is 112 Å². The third kappa shape index (κ3) is 3.25. The summed E-state index contributed by atoms with van der Waals surface area (Å²) in [6.07, 6.45) is 3.96. The summed E-state index contributed by atoms with van der Waals surface area (Å²) in [6.45, 7) is 2.73. The molecule has 1 aromatic heterocycles. The zero-order valence-electron chi connectivity index (χ0n) is 10.6. The van der Waals surface area contributed by atoms with E-state index in [4.69, 9.17) is 0 Å². The van der Waals surface area contributed by atoms with Gasteiger partial charge < -0.3 is 10.3 Å². The summed E-state index contributed by atoms with van der Waals surface area (Å²) in [7, 11) is -3.65. The fourth-order valence-electron chi connectivity index (χ4n) is 1.61. The molecule has 0 saturated carbocycles. The standard InChI is InChI=1S/C12H16N4O2S/c1-2-7-13-10-5-3-4-6-11(10)19(17,18)16-12-14-8-9-15-12/h3-6,8-9,13H,2,7H2,1H3,(H2,14,15,16). The first-order valence-electron chi connectivity index (χ1n) is 5.98. The number of benzene rings is 1. The third-order valence-electron chi connectivity index (χ3n) is 2.47. The summed E-state index contributed by atoms with van der Waals surface area (Å²) in [5.74, 6) is 0.199. The van der Waals surface area contributed by atoms with Gasteiger partial charge in [-0.15, -0.1) is 0 Å². The van der Waals surface area contributed by atoms with E-state index in [0.717, 1.165) is 6.42 Å². The summed E-state index contributed by atoms with van der Waals surface area (Å²) in [5, 5.41) is 3.10. The molecule has 0 aliphatic carbocycles. The Bertz CT molecular complexity index is 623. The molecule has 3 N–H and O–H groups in total. The molecule has 0 aliphatic heterocycles. The molecule has 7 heteroatoms. The number of aromatic nitrogens is 2. The maximum atomic E-state index is 12.3. The van der Waals surface area contributed by atoms with Crippen molar-refractivity contribution in [1.29, 1.82) is 0 Å². The molecule has 19 heavy (non-hydrogen) atoms. The van der Waals surface area contributed by atoms with Crippen LogP contribution < -0.4 is 10.0 Å². The van der Waals surface area contributed by atoms with Crippen molar-refractivity contribution in [2.75, 3.05) is 16.6 Å². The van der Waals surface area contributed by atoms with Gasteiger partial charge in [0, 0.05) is 18.9 Å². The van der Waals surface area contributed by atoms with Gasteiger partial charge in [0.05, 0.1) is 5.69 Å². The van der Waals surface area contributed by atoms with Crippen LogP contribution in [0.25, 0.3) is 0 Å². The molecule has 0 atom stereocenters. The highest BCUT2D eigenvalue weighted by Crippen LogP contribution is 2.22. The number of H-pyrrole nitrogens is 1. The first-order chi connectivity index (χ1) is 9.13. The predicted octanol–water partition coefficient (Wildman–Crippen LogP) is 2.03. The van der Waals surface area contributed by atoms with E-state index in [0.29, 0.717) is 12.2 Å². The van der Waals surface area contributed by atoms with Crippen LogP contribution in [0.1, 0.15) is 13.3 Å². The fraction of sp³-hybridized carbons (Fsp3) is 0.250. The number of sulfonamides is 1. The van der Waals surface area contributed by atoms with Crippen molar-refractivity contribution in [2.45, 2.75) is 18.2 Å². The van der Waals surface area contributed by atoms with E-state index in [-0.39, 0.29) is 10.8 Å². The Balaban J connectivity index is 2.29. The quantitative estimate of drug-likeness (QED) is 0.755. The van der Waals surface area contributed by atoms with Gasteiger partial charge in [-0.05, 0) is 18.6 Å². The lowest BCUT2D eigenvalue weighted by atomic mass is 10.3. The van der Waals surface area contributed by atoms with Crippen LogP contribution >= 0.6 is 0 Å². The van der Waals surface area contributed by atoms with E-state index < -0.39 is 10.0 Å². The molecule has 0 saturated heterocycles. The number of anilines is 2. The minimum absolute atomic E-state index is 0.199. The second-order valence-electron chi connectivity index (χ2n) is 3.97. The number of nitrogens with one attached hydrogen (secondary N) is 3. The molecule has 0 bridgehead atoms. The van der Waals surface area contributed by atoms with E-state index in [2.05, 4.69) is 20.0 Å². The van der Waals surface area contributed by atoms with Crippen molar-refractivity contribution < 1.29 is 8.42 Å². The Kier molecular flexibility index (Phi) is 4.06. The average molecular weight is 280 g/mol. The number of hydrogen-bond acceptors (Lipinski definition) is 4. The van der Waals surface area contributed by atoms with Crippen LogP contribution in [-0.2, 0) is 10.0 Å². The number of aromatic amines is 1. The minimum Gasteiger partial charge on any atom is -0.384 e. The molecular weight excluding hydrogens is 264 g/mol. The monoisotopic (exact) mass is 280 g/mol. The normalized spacial score (nSPS) is 11.2. The lowest BCUT2D eigenvalue weighted by Crippen LogP contribution is -2.16. The molecule has 1 heterocycles. The molecule has 0 radical (unpaired) electrons. The first-order valence-corrected chi connectivity index (χ1v) is 7.47. The minimum atomic E-state index is -3.65. The summed E-state index contributed by atoms with van der Waals surface area (Å²) in [5.41, 5.74) is 0.586. The van der Waals surface area contributed by atoms with Crippen LogP contribution in [0.4, 0.5) is 11.6 Å². The molecule has 0 amide bonds. The van der Waals surface area contributed by atoms with Crippen molar-refractivity contribution >= 4 is 21.7 Å². The largest absolute Gasteiger partial charge is 0.384 e. The van der Waals surface area contributed by atoms with Crippen molar-refractivity contribution in [3.63, 3.8) is 0 Å². The molecule has 102 valence electrons. The van der Waals surface area contributed by atoms with Gasteiger partial charge in [0.2, 0.25) is 5.95 Å². The zero-order chi connectivity index (χ0) is 13.7. The molecule has 0 spiro atoms.